The lowest BCUT2D eigenvalue weighted by atomic mass is 10.1. The van der Waals surface area contributed by atoms with Crippen LogP contribution in [0.5, 0.6) is 11.5 Å². The molecule has 5 rings (SSSR count). The zero-order valence-corrected chi connectivity index (χ0v) is 25.1. The topological polar surface area (TPSA) is 94.4 Å². The largest absolute Gasteiger partial charge is 0.506 e. The molecule has 9 heteroatoms. The summed E-state index contributed by atoms with van der Waals surface area (Å²) in [6, 6.07) is 26.2. The van der Waals surface area contributed by atoms with Crippen molar-refractivity contribution in [1.29, 1.82) is 0 Å². The standard InChI is InChI=1S/C34H28ClNO6S/c1-3-40-28-18-21(14-16-27(28)42-20-22-13-15-23-9-5-6-10-24(23)17-22)19-29-31(37)30(34(39)41-4-2)33(43-29)36-32(38)25-11-7-8-12-26(25)35/h5-19,37H,3-4,20H2,1-2H3/b29-19-,36-33?. The molecule has 4 aromatic rings. The van der Waals surface area contributed by atoms with Crippen molar-refractivity contribution in [3.8, 4) is 11.5 Å². The summed E-state index contributed by atoms with van der Waals surface area (Å²) < 4.78 is 17.1. The van der Waals surface area contributed by atoms with E-state index in [1.807, 2.05) is 31.2 Å². The van der Waals surface area contributed by atoms with Crippen molar-refractivity contribution in [1.82, 2.24) is 0 Å². The van der Waals surface area contributed by atoms with Gasteiger partial charge in [-0.1, -0.05) is 78.0 Å². The molecule has 7 nitrogen and oxygen atoms in total. The van der Waals surface area contributed by atoms with E-state index in [2.05, 4.69) is 29.3 Å². The molecule has 0 unspecified atom stereocenters. The van der Waals surface area contributed by atoms with Crippen molar-refractivity contribution < 1.29 is 28.9 Å². The first kappa shape index (κ1) is 29.9. The Kier molecular flexibility index (Phi) is 9.49. The van der Waals surface area contributed by atoms with Crippen LogP contribution in [-0.2, 0) is 16.1 Å². The van der Waals surface area contributed by atoms with Crippen LogP contribution in [0.4, 0.5) is 0 Å². The number of aliphatic imine (C=N–C) groups is 1. The van der Waals surface area contributed by atoms with Crippen LogP contribution in [0.1, 0.15) is 35.3 Å². The highest BCUT2D eigenvalue weighted by atomic mass is 35.5. The van der Waals surface area contributed by atoms with Crippen LogP contribution >= 0.6 is 23.4 Å². The van der Waals surface area contributed by atoms with Gasteiger partial charge >= 0.3 is 5.97 Å². The van der Waals surface area contributed by atoms with Crippen LogP contribution in [0.15, 0.2) is 106 Å². The number of hydrogen-bond acceptors (Lipinski definition) is 7. The van der Waals surface area contributed by atoms with Crippen molar-refractivity contribution in [2.24, 2.45) is 4.99 Å². The second-order valence-corrected chi connectivity index (χ2v) is 10.8. The van der Waals surface area contributed by atoms with Gasteiger partial charge in [0.15, 0.2) is 11.5 Å². The fraction of sp³-hybridized carbons (Fsp3) is 0.147. The molecule has 0 aromatic heterocycles. The maximum absolute atomic E-state index is 12.9. The number of esters is 1. The number of carbonyl (C=O) groups excluding carboxylic acids is 2. The minimum Gasteiger partial charge on any atom is -0.506 e. The van der Waals surface area contributed by atoms with Gasteiger partial charge in [0, 0.05) is 0 Å². The molecule has 1 heterocycles. The molecule has 1 aliphatic rings. The second-order valence-electron chi connectivity index (χ2n) is 9.37. The molecule has 0 spiro atoms. The number of fused-ring (bicyclic) bond motifs is 1. The van der Waals surface area contributed by atoms with Gasteiger partial charge in [-0.05, 0) is 72.2 Å². The molecule has 0 fully saturated rings. The van der Waals surface area contributed by atoms with Crippen LogP contribution in [-0.4, -0.2) is 35.2 Å². The Morgan fingerprint density at radius 1 is 0.884 bits per heavy atom. The van der Waals surface area contributed by atoms with Crippen LogP contribution in [0.25, 0.3) is 16.8 Å². The zero-order chi connectivity index (χ0) is 30.3. The highest BCUT2D eigenvalue weighted by molar-refractivity contribution is 8.18. The summed E-state index contributed by atoms with van der Waals surface area (Å²) in [7, 11) is 0. The number of nitrogens with zero attached hydrogens (tertiary/aromatic N) is 1. The molecule has 0 saturated carbocycles. The average Bonchev–Trinajstić information content (AvgIpc) is 3.30. The molecule has 1 aliphatic heterocycles. The van der Waals surface area contributed by atoms with Gasteiger partial charge in [0.1, 0.15) is 23.0 Å². The van der Waals surface area contributed by atoms with E-state index in [0.717, 1.165) is 28.1 Å². The van der Waals surface area contributed by atoms with Gasteiger partial charge < -0.3 is 19.3 Å². The fourth-order valence-corrected chi connectivity index (χ4v) is 5.65. The monoisotopic (exact) mass is 613 g/mol. The third kappa shape index (κ3) is 6.93. The lowest BCUT2D eigenvalue weighted by Crippen LogP contribution is -2.14. The predicted octanol–water partition coefficient (Wildman–Crippen LogP) is 8.17. The third-order valence-corrected chi connectivity index (χ3v) is 7.80. The molecular weight excluding hydrogens is 586 g/mol. The van der Waals surface area contributed by atoms with Crippen molar-refractivity contribution in [2.75, 3.05) is 13.2 Å². The number of aliphatic hydroxyl groups excluding tert-OH is 1. The number of amides is 1. The highest BCUT2D eigenvalue weighted by Crippen LogP contribution is 2.40. The average molecular weight is 614 g/mol. The molecule has 1 amide bonds. The van der Waals surface area contributed by atoms with Crippen LogP contribution in [0, 0.1) is 0 Å². The Balaban J connectivity index is 1.42. The minimum atomic E-state index is -0.783. The third-order valence-electron chi connectivity index (χ3n) is 6.45. The first-order valence-corrected chi connectivity index (χ1v) is 14.8. The Morgan fingerprint density at radius 2 is 1.65 bits per heavy atom. The fourth-order valence-electron chi connectivity index (χ4n) is 4.42. The van der Waals surface area contributed by atoms with Gasteiger partial charge in [-0.25, -0.2) is 9.79 Å². The molecule has 43 heavy (non-hydrogen) atoms. The Bertz CT molecular complexity index is 1790. The molecule has 0 bridgehead atoms. The molecule has 218 valence electrons. The molecule has 1 N–H and O–H groups in total. The Hall–Kier alpha value is -4.53. The van der Waals surface area contributed by atoms with Crippen LogP contribution in [0.3, 0.4) is 0 Å². The lowest BCUT2D eigenvalue weighted by Gasteiger charge is -2.13. The van der Waals surface area contributed by atoms with Crippen molar-refractivity contribution in [2.45, 2.75) is 20.5 Å². The van der Waals surface area contributed by atoms with Gasteiger partial charge in [0.05, 0.1) is 28.7 Å². The smallest absolute Gasteiger partial charge is 0.344 e. The van der Waals surface area contributed by atoms with Gasteiger partial charge in [0.2, 0.25) is 0 Å². The number of carbonyl (C=O) groups is 2. The lowest BCUT2D eigenvalue weighted by molar-refractivity contribution is -0.138. The minimum absolute atomic E-state index is 0.0208. The van der Waals surface area contributed by atoms with E-state index in [0.29, 0.717) is 35.2 Å². The molecule has 0 saturated heterocycles. The van der Waals surface area contributed by atoms with E-state index in [-0.39, 0.29) is 33.6 Å². The van der Waals surface area contributed by atoms with Gasteiger partial charge in [-0.15, -0.1) is 0 Å². The zero-order valence-electron chi connectivity index (χ0n) is 23.5. The number of aliphatic hydroxyl groups is 1. The van der Waals surface area contributed by atoms with Gasteiger partial charge in [0.25, 0.3) is 5.91 Å². The maximum Gasteiger partial charge on any atom is 0.344 e. The van der Waals surface area contributed by atoms with Gasteiger partial charge in [-0.3, -0.25) is 4.79 Å². The van der Waals surface area contributed by atoms with Gasteiger partial charge in [-0.2, -0.15) is 0 Å². The van der Waals surface area contributed by atoms with E-state index in [4.69, 9.17) is 25.8 Å². The van der Waals surface area contributed by atoms with E-state index >= 15 is 0 Å². The van der Waals surface area contributed by atoms with E-state index < -0.39 is 11.9 Å². The highest BCUT2D eigenvalue weighted by Gasteiger charge is 2.34. The number of hydrogen-bond donors (Lipinski definition) is 1. The first-order chi connectivity index (χ1) is 20.9. The number of benzene rings is 4. The summed E-state index contributed by atoms with van der Waals surface area (Å²) in [5, 5.41) is 13.6. The quantitative estimate of drug-likeness (QED) is 0.190. The van der Waals surface area contributed by atoms with E-state index in [1.54, 1.807) is 43.3 Å². The van der Waals surface area contributed by atoms with Crippen molar-refractivity contribution in [3.63, 3.8) is 0 Å². The molecule has 0 atom stereocenters. The molecular formula is C34H28ClNO6S. The van der Waals surface area contributed by atoms with Crippen molar-refractivity contribution in [3.05, 3.63) is 123 Å². The predicted molar refractivity (Wildman–Crippen MR) is 171 cm³/mol. The number of halogens is 1. The van der Waals surface area contributed by atoms with Crippen LogP contribution in [0.2, 0.25) is 5.02 Å². The van der Waals surface area contributed by atoms with Crippen molar-refractivity contribution >= 4 is 57.1 Å². The summed E-state index contributed by atoms with van der Waals surface area (Å²) in [5.74, 6) is -0.665. The van der Waals surface area contributed by atoms with E-state index in [9.17, 15) is 14.7 Å². The maximum atomic E-state index is 12.9. The summed E-state index contributed by atoms with van der Waals surface area (Å²) in [6.45, 7) is 4.39. The summed E-state index contributed by atoms with van der Waals surface area (Å²) in [6.07, 6.45) is 1.68. The molecule has 0 radical (unpaired) electrons. The number of thioether (sulfide) groups is 1. The Labute approximate surface area is 258 Å². The number of rotatable bonds is 9. The van der Waals surface area contributed by atoms with E-state index in [1.165, 1.54) is 6.07 Å². The molecule has 4 aromatic carbocycles. The molecule has 0 aliphatic carbocycles. The second kappa shape index (κ2) is 13.6. The first-order valence-electron chi connectivity index (χ1n) is 13.6. The summed E-state index contributed by atoms with van der Waals surface area (Å²) >= 11 is 7.15. The SMILES string of the molecule is CCOC(=O)C1=C(O)/C(=C/c2ccc(OCc3ccc4ccccc4c3)c(OCC)c2)SC1=NC(=O)c1ccccc1Cl. The summed E-state index contributed by atoms with van der Waals surface area (Å²) in [5.41, 5.74) is 1.70. The normalized spacial score (nSPS) is 14.9. The number of ether oxygens (including phenoxy) is 3. The van der Waals surface area contributed by atoms with Crippen LogP contribution < -0.4 is 9.47 Å². The Morgan fingerprint density at radius 3 is 2.42 bits per heavy atom. The summed E-state index contributed by atoms with van der Waals surface area (Å²) in [4.78, 5) is 30.1.